The molecule has 4 atom stereocenters. The first-order valence-electron chi connectivity index (χ1n) is 10.4. The van der Waals surface area contributed by atoms with E-state index in [4.69, 9.17) is 10.9 Å². The minimum atomic E-state index is -4.05. The summed E-state index contributed by atoms with van der Waals surface area (Å²) in [5.41, 5.74) is 8.19. The minimum absolute atomic E-state index is 0. The normalized spacial score (nSPS) is 20.3. The molecule has 13 heteroatoms. The Kier molecular flexibility index (Phi) is 10.7. The van der Waals surface area contributed by atoms with Crippen LogP contribution in [0.15, 0.2) is 29.2 Å². The van der Waals surface area contributed by atoms with Crippen molar-refractivity contribution in [3.8, 4) is 0 Å². The fourth-order valence-corrected chi connectivity index (χ4v) is 5.05. The molecule has 0 unspecified atom stereocenters. The highest BCUT2D eigenvalue weighted by atomic mass is 35.5. The summed E-state index contributed by atoms with van der Waals surface area (Å²) in [7, 11) is -4.05. The number of halogens is 1. The molecule has 0 radical (unpaired) electrons. The summed E-state index contributed by atoms with van der Waals surface area (Å²) in [6, 6.07) is 3.50. The zero-order valence-corrected chi connectivity index (χ0v) is 20.4. The molecule has 1 fully saturated rings. The van der Waals surface area contributed by atoms with Gasteiger partial charge >= 0.3 is 0 Å². The predicted octanol–water partition coefficient (Wildman–Crippen LogP) is -0.340. The second-order valence-electron chi connectivity index (χ2n) is 8.01. The Morgan fingerprint density at radius 1 is 1.24 bits per heavy atom. The molecule has 11 nitrogen and oxygen atoms in total. The first-order chi connectivity index (χ1) is 15.0. The summed E-state index contributed by atoms with van der Waals surface area (Å²) < 4.78 is 27.1. The molecule has 6 N–H and O–H groups in total. The van der Waals surface area contributed by atoms with Crippen LogP contribution in [0.1, 0.15) is 32.3 Å². The molecule has 1 aromatic carbocycles. The monoisotopic (exact) mass is 505 g/mol. The molecular weight excluding hydrogens is 474 g/mol. The molecule has 3 amide bonds. The highest BCUT2D eigenvalue weighted by Gasteiger charge is 2.44. The van der Waals surface area contributed by atoms with Gasteiger partial charge in [0.25, 0.3) is 5.91 Å². The lowest BCUT2D eigenvalue weighted by atomic mass is 9.99. The van der Waals surface area contributed by atoms with Crippen molar-refractivity contribution >= 4 is 40.2 Å². The van der Waals surface area contributed by atoms with Gasteiger partial charge in [-0.25, -0.2) is 13.9 Å². The van der Waals surface area contributed by atoms with Gasteiger partial charge in [-0.05, 0) is 31.4 Å². The van der Waals surface area contributed by atoms with E-state index in [2.05, 4.69) is 10.6 Å². The Morgan fingerprint density at radius 3 is 2.39 bits per heavy atom. The number of hydroxylamine groups is 1. The van der Waals surface area contributed by atoms with E-state index in [0.29, 0.717) is 6.42 Å². The van der Waals surface area contributed by atoms with Crippen LogP contribution in [0.5, 0.6) is 0 Å². The first kappa shape index (κ1) is 28.8. The SMILES string of the molecule is CC[C@H](C)[C@H](N)C(=O)NCC(=O)N[C@H]1C[C@@H](C(=O)NO)N(S(=O)(=O)c2ccc(C)cc2)C1.Cl. The molecular formula is C20H32ClN5O6S. The number of hydrogen-bond donors (Lipinski definition) is 5. The number of nitrogens with two attached hydrogens (primary N) is 1. The highest BCUT2D eigenvalue weighted by Crippen LogP contribution is 2.27. The van der Waals surface area contributed by atoms with Crippen LogP contribution < -0.4 is 21.8 Å². The second kappa shape index (κ2) is 12.3. The topological polar surface area (TPSA) is 171 Å². The Hall–Kier alpha value is -2.25. The Bertz CT molecular complexity index is 943. The first-order valence-corrected chi connectivity index (χ1v) is 11.8. The van der Waals surface area contributed by atoms with Crippen molar-refractivity contribution in [2.45, 2.75) is 56.6 Å². The molecule has 1 aliphatic rings. The van der Waals surface area contributed by atoms with Gasteiger partial charge in [0.1, 0.15) is 6.04 Å². The molecule has 186 valence electrons. The summed E-state index contributed by atoms with van der Waals surface area (Å²) >= 11 is 0. The number of rotatable bonds is 9. The highest BCUT2D eigenvalue weighted by molar-refractivity contribution is 7.89. The van der Waals surface area contributed by atoms with Gasteiger partial charge in [0.15, 0.2) is 0 Å². The van der Waals surface area contributed by atoms with Crippen LogP contribution in [0, 0.1) is 12.8 Å². The van der Waals surface area contributed by atoms with Crippen LogP contribution in [0.2, 0.25) is 0 Å². The molecule has 0 bridgehead atoms. The molecule has 0 aromatic heterocycles. The molecule has 1 saturated heterocycles. The van der Waals surface area contributed by atoms with Gasteiger partial charge < -0.3 is 16.4 Å². The molecule has 1 aromatic rings. The summed E-state index contributed by atoms with van der Waals surface area (Å²) in [5.74, 6) is -1.95. The Morgan fingerprint density at radius 2 is 1.85 bits per heavy atom. The van der Waals surface area contributed by atoms with E-state index in [0.717, 1.165) is 9.87 Å². The molecule has 0 saturated carbocycles. The van der Waals surface area contributed by atoms with Crippen molar-refractivity contribution in [2.75, 3.05) is 13.1 Å². The number of hydrogen-bond acceptors (Lipinski definition) is 7. The van der Waals surface area contributed by atoms with Crippen molar-refractivity contribution < 1.29 is 28.0 Å². The fraction of sp³-hybridized carbons (Fsp3) is 0.550. The van der Waals surface area contributed by atoms with Crippen LogP contribution in [0.4, 0.5) is 0 Å². The van der Waals surface area contributed by atoms with Gasteiger partial charge in [-0.1, -0.05) is 38.0 Å². The summed E-state index contributed by atoms with van der Waals surface area (Å²) in [4.78, 5) is 36.5. The molecule has 0 aliphatic carbocycles. The van der Waals surface area contributed by atoms with E-state index in [1.165, 1.54) is 17.6 Å². The van der Waals surface area contributed by atoms with Crippen molar-refractivity contribution in [1.29, 1.82) is 0 Å². The molecule has 0 spiro atoms. The maximum atomic E-state index is 13.1. The van der Waals surface area contributed by atoms with Gasteiger partial charge in [-0.2, -0.15) is 4.31 Å². The number of benzene rings is 1. The number of sulfonamides is 1. The standard InChI is InChI=1S/C20H31N5O6S.ClH/c1-4-13(3)18(21)20(28)22-10-17(26)23-14-9-16(19(27)24-29)25(11-14)32(30,31)15-7-5-12(2)6-8-15;/h5-8,13-14,16,18,29H,4,9-11,21H2,1-3H3,(H,22,28)(H,23,26)(H,24,27);1H/t13-,14-,16-,18-;/m0./s1. The van der Waals surface area contributed by atoms with E-state index in [-0.39, 0.29) is 42.7 Å². The molecule has 1 aliphatic heterocycles. The van der Waals surface area contributed by atoms with Crippen LogP contribution in [0.3, 0.4) is 0 Å². The van der Waals surface area contributed by atoms with Crippen LogP contribution in [-0.4, -0.2) is 66.9 Å². The lowest BCUT2D eigenvalue weighted by molar-refractivity contribution is -0.132. The zero-order chi connectivity index (χ0) is 24.1. The third-order valence-electron chi connectivity index (χ3n) is 5.64. The van der Waals surface area contributed by atoms with E-state index < -0.39 is 45.9 Å². The Balaban J connectivity index is 0.00000544. The largest absolute Gasteiger partial charge is 0.350 e. The van der Waals surface area contributed by atoms with Crippen molar-refractivity contribution in [3.63, 3.8) is 0 Å². The van der Waals surface area contributed by atoms with Gasteiger partial charge in [0.2, 0.25) is 21.8 Å². The van der Waals surface area contributed by atoms with E-state index in [1.54, 1.807) is 12.1 Å². The van der Waals surface area contributed by atoms with Crippen LogP contribution in [-0.2, 0) is 24.4 Å². The van der Waals surface area contributed by atoms with Gasteiger partial charge in [0, 0.05) is 12.6 Å². The van der Waals surface area contributed by atoms with Crippen molar-refractivity contribution in [1.82, 2.24) is 20.4 Å². The molecule has 1 heterocycles. The smallest absolute Gasteiger partial charge is 0.261 e. The van der Waals surface area contributed by atoms with Crippen molar-refractivity contribution in [3.05, 3.63) is 29.8 Å². The molecule has 33 heavy (non-hydrogen) atoms. The third-order valence-corrected chi connectivity index (χ3v) is 7.53. The summed E-state index contributed by atoms with van der Waals surface area (Å²) in [5, 5.41) is 14.1. The lowest BCUT2D eigenvalue weighted by Gasteiger charge is -2.22. The summed E-state index contributed by atoms with van der Waals surface area (Å²) in [6.45, 7) is 5.05. The van der Waals surface area contributed by atoms with Crippen molar-refractivity contribution in [2.24, 2.45) is 11.7 Å². The zero-order valence-electron chi connectivity index (χ0n) is 18.8. The van der Waals surface area contributed by atoms with Gasteiger partial charge in [-0.15, -0.1) is 12.4 Å². The molecule has 2 rings (SSSR count). The number of nitrogens with zero attached hydrogens (tertiary/aromatic N) is 1. The van der Waals surface area contributed by atoms with Gasteiger partial charge in [-0.3, -0.25) is 19.6 Å². The summed E-state index contributed by atoms with van der Waals surface area (Å²) in [6.07, 6.45) is 0.673. The van der Waals surface area contributed by atoms with E-state index in [1.807, 2.05) is 20.8 Å². The van der Waals surface area contributed by atoms with Gasteiger partial charge in [0.05, 0.1) is 17.5 Å². The average Bonchev–Trinajstić information content (AvgIpc) is 3.20. The lowest BCUT2D eigenvalue weighted by Crippen LogP contribution is -2.49. The maximum Gasteiger partial charge on any atom is 0.261 e. The Labute approximate surface area is 199 Å². The predicted molar refractivity (Wildman–Crippen MR) is 123 cm³/mol. The minimum Gasteiger partial charge on any atom is -0.350 e. The number of carbonyl (C=O) groups excluding carboxylic acids is 3. The fourth-order valence-electron chi connectivity index (χ4n) is 3.41. The quantitative estimate of drug-likeness (QED) is 0.225. The van der Waals surface area contributed by atoms with Crippen LogP contribution >= 0.6 is 12.4 Å². The average molecular weight is 506 g/mol. The van der Waals surface area contributed by atoms with Crippen LogP contribution in [0.25, 0.3) is 0 Å². The number of carbonyl (C=O) groups is 3. The number of aryl methyl sites for hydroxylation is 1. The van der Waals surface area contributed by atoms with E-state index in [9.17, 15) is 22.8 Å². The number of nitrogens with one attached hydrogen (secondary N) is 3. The number of amides is 3. The third kappa shape index (κ3) is 7.11. The maximum absolute atomic E-state index is 13.1. The van der Waals surface area contributed by atoms with E-state index >= 15 is 0 Å². The second-order valence-corrected chi connectivity index (χ2v) is 9.90.